The number of rotatable bonds is 2. The van der Waals surface area contributed by atoms with Crippen LogP contribution in [0.25, 0.3) is 0 Å². The van der Waals surface area contributed by atoms with Crippen LogP contribution in [0.3, 0.4) is 0 Å². The first-order chi connectivity index (χ1) is 4.75. The molecule has 0 aromatic carbocycles. The Hall–Kier alpha value is -0.770. The van der Waals surface area contributed by atoms with E-state index in [0.717, 1.165) is 6.42 Å². The highest BCUT2D eigenvalue weighted by Gasteiger charge is 2.37. The molecule has 1 rings (SSSR count). The second kappa shape index (κ2) is 2.88. The van der Waals surface area contributed by atoms with Gasteiger partial charge in [-0.3, -0.25) is 4.79 Å². The Morgan fingerprint density at radius 3 is 2.70 bits per heavy atom. The van der Waals surface area contributed by atoms with E-state index in [4.69, 9.17) is 0 Å². The number of carbonyl (C=O) groups excluding carboxylic acids is 1. The van der Waals surface area contributed by atoms with E-state index in [1.807, 2.05) is 0 Å². The topological polar surface area (TPSA) is 17.1 Å². The molecule has 10 heavy (non-hydrogen) atoms. The van der Waals surface area contributed by atoms with E-state index in [1.54, 1.807) is 6.92 Å². The van der Waals surface area contributed by atoms with Crippen molar-refractivity contribution >= 4 is 5.78 Å². The van der Waals surface area contributed by atoms with E-state index in [-0.39, 0.29) is 0 Å². The zero-order valence-electron chi connectivity index (χ0n) is 6.48. The van der Waals surface area contributed by atoms with Gasteiger partial charge < -0.3 is 0 Å². The molecule has 1 aliphatic rings. The summed E-state index contributed by atoms with van der Waals surface area (Å²) in [5.74, 6) is 6.83. The Kier molecular flexibility index (Phi) is 2.11. The number of hydrogen-bond donors (Lipinski definition) is 0. The molecular formula is C9H12O. The lowest BCUT2D eigenvalue weighted by Gasteiger charge is -1.88. The van der Waals surface area contributed by atoms with Gasteiger partial charge in [-0.25, -0.2) is 0 Å². The Bertz CT molecular complexity index is 195. The van der Waals surface area contributed by atoms with E-state index in [0.29, 0.717) is 24.0 Å². The standard InChI is InChI=1S/C9H12O/c1-3-4-5-9(10)8-6-7(8)2/h7-8H,5-6H2,1-2H3. The molecule has 1 saturated carbocycles. The summed E-state index contributed by atoms with van der Waals surface area (Å²) in [5.41, 5.74) is 0. The van der Waals surface area contributed by atoms with Gasteiger partial charge in [-0.1, -0.05) is 12.8 Å². The van der Waals surface area contributed by atoms with Crippen LogP contribution in [0, 0.1) is 23.7 Å². The fourth-order valence-corrected chi connectivity index (χ4v) is 1.08. The molecule has 0 radical (unpaired) electrons. The second-order valence-electron chi connectivity index (χ2n) is 2.89. The van der Waals surface area contributed by atoms with Crippen molar-refractivity contribution in [1.82, 2.24) is 0 Å². The summed E-state index contributed by atoms with van der Waals surface area (Å²) in [6.45, 7) is 3.88. The van der Waals surface area contributed by atoms with Crippen molar-refractivity contribution < 1.29 is 4.79 Å². The molecule has 0 aromatic rings. The normalized spacial score (nSPS) is 28.6. The number of Topliss-reactive ketones (excluding diaryl/α,β-unsaturated/α-hetero) is 1. The van der Waals surface area contributed by atoms with E-state index in [2.05, 4.69) is 18.8 Å². The fraction of sp³-hybridized carbons (Fsp3) is 0.667. The average Bonchev–Trinajstić information content (AvgIpc) is 2.62. The molecule has 0 bridgehead atoms. The maximum Gasteiger partial charge on any atom is 0.148 e. The van der Waals surface area contributed by atoms with Crippen LogP contribution >= 0.6 is 0 Å². The largest absolute Gasteiger partial charge is 0.298 e. The van der Waals surface area contributed by atoms with Gasteiger partial charge in [0.25, 0.3) is 0 Å². The summed E-state index contributed by atoms with van der Waals surface area (Å²) in [6.07, 6.45) is 1.55. The predicted molar refractivity (Wildman–Crippen MR) is 40.3 cm³/mol. The lowest BCUT2D eigenvalue weighted by Crippen LogP contribution is -1.99. The molecule has 0 aromatic heterocycles. The molecule has 0 N–H and O–H groups in total. The molecule has 0 heterocycles. The molecule has 2 atom stereocenters. The van der Waals surface area contributed by atoms with Crippen LogP contribution in [0.15, 0.2) is 0 Å². The van der Waals surface area contributed by atoms with Crippen LogP contribution in [0.2, 0.25) is 0 Å². The highest BCUT2D eigenvalue weighted by Crippen LogP contribution is 2.38. The minimum Gasteiger partial charge on any atom is -0.298 e. The van der Waals surface area contributed by atoms with Crippen molar-refractivity contribution in [3.8, 4) is 11.8 Å². The summed E-state index contributed by atoms with van der Waals surface area (Å²) in [6, 6.07) is 0. The first-order valence-corrected chi connectivity index (χ1v) is 3.68. The van der Waals surface area contributed by atoms with Gasteiger partial charge >= 0.3 is 0 Å². The molecule has 1 aliphatic carbocycles. The van der Waals surface area contributed by atoms with E-state index < -0.39 is 0 Å². The summed E-state index contributed by atoms with van der Waals surface area (Å²) >= 11 is 0. The van der Waals surface area contributed by atoms with Crippen LogP contribution in [0.1, 0.15) is 26.7 Å². The molecule has 0 amide bonds. The van der Waals surface area contributed by atoms with Gasteiger partial charge in [0.05, 0.1) is 6.42 Å². The number of carbonyl (C=O) groups is 1. The molecule has 54 valence electrons. The number of hydrogen-bond acceptors (Lipinski definition) is 1. The molecule has 0 spiro atoms. The summed E-state index contributed by atoms with van der Waals surface area (Å²) < 4.78 is 0. The van der Waals surface area contributed by atoms with Crippen LogP contribution in [0.5, 0.6) is 0 Å². The zero-order chi connectivity index (χ0) is 7.56. The maximum absolute atomic E-state index is 11.1. The van der Waals surface area contributed by atoms with Crippen LogP contribution in [-0.2, 0) is 4.79 Å². The zero-order valence-corrected chi connectivity index (χ0v) is 6.48. The first kappa shape index (κ1) is 7.34. The summed E-state index contributed by atoms with van der Waals surface area (Å²) in [4.78, 5) is 11.1. The van der Waals surface area contributed by atoms with E-state index in [1.165, 1.54) is 0 Å². The molecule has 1 nitrogen and oxygen atoms in total. The Morgan fingerprint density at radius 1 is 1.70 bits per heavy atom. The first-order valence-electron chi connectivity index (χ1n) is 3.68. The summed E-state index contributed by atoms with van der Waals surface area (Å²) in [7, 11) is 0. The van der Waals surface area contributed by atoms with E-state index >= 15 is 0 Å². The van der Waals surface area contributed by atoms with Gasteiger partial charge in [-0.2, -0.15) is 0 Å². The van der Waals surface area contributed by atoms with Crippen molar-refractivity contribution in [1.29, 1.82) is 0 Å². The number of ketones is 1. The molecule has 2 unspecified atom stereocenters. The van der Waals surface area contributed by atoms with Crippen molar-refractivity contribution in [2.24, 2.45) is 11.8 Å². The fourth-order valence-electron chi connectivity index (χ4n) is 1.08. The molecule has 0 aliphatic heterocycles. The lowest BCUT2D eigenvalue weighted by atomic mass is 10.2. The monoisotopic (exact) mass is 136 g/mol. The minimum absolute atomic E-state index is 0.335. The third-order valence-electron chi connectivity index (χ3n) is 1.96. The van der Waals surface area contributed by atoms with Crippen molar-refractivity contribution in [3.05, 3.63) is 0 Å². The predicted octanol–water partition coefficient (Wildman–Crippen LogP) is 1.62. The SMILES string of the molecule is CC#CCC(=O)C1CC1C. The molecule has 1 heteroatoms. The van der Waals surface area contributed by atoms with Gasteiger partial charge in [0.1, 0.15) is 5.78 Å². The van der Waals surface area contributed by atoms with Crippen molar-refractivity contribution in [3.63, 3.8) is 0 Å². The Morgan fingerprint density at radius 2 is 2.30 bits per heavy atom. The van der Waals surface area contributed by atoms with Gasteiger partial charge in [-0.15, -0.1) is 5.92 Å². The van der Waals surface area contributed by atoms with Gasteiger partial charge in [0.15, 0.2) is 0 Å². The van der Waals surface area contributed by atoms with Crippen molar-refractivity contribution in [2.75, 3.05) is 0 Å². The van der Waals surface area contributed by atoms with Gasteiger partial charge in [0, 0.05) is 5.92 Å². The van der Waals surface area contributed by atoms with Crippen LogP contribution in [0.4, 0.5) is 0 Å². The molecule has 0 saturated heterocycles. The Balaban J connectivity index is 2.27. The van der Waals surface area contributed by atoms with E-state index in [9.17, 15) is 4.79 Å². The third kappa shape index (κ3) is 1.60. The molecule has 1 fully saturated rings. The van der Waals surface area contributed by atoms with Crippen LogP contribution in [-0.4, -0.2) is 5.78 Å². The quantitative estimate of drug-likeness (QED) is 0.527. The second-order valence-corrected chi connectivity index (χ2v) is 2.89. The highest BCUT2D eigenvalue weighted by atomic mass is 16.1. The minimum atomic E-state index is 0.335. The van der Waals surface area contributed by atoms with Gasteiger partial charge in [-0.05, 0) is 19.3 Å². The lowest BCUT2D eigenvalue weighted by molar-refractivity contribution is -0.119. The van der Waals surface area contributed by atoms with Gasteiger partial charge in [0.2, 0.25) is 0 Å². The van der Waals surface area contributed by atoms with Crippen LogP contribution < -0.4 is 0 Å². The van der Waals surface area contributed by atoms with Crippen molar-refractivity contribution in [2.45, 2.75) is 26.7 Å². The Labute approximate surface area is 61.8 Å². The highest BCUT2D eigenvalue weighted by molar-refractivity contribution is 5.85. The average molecular weight is 136 g/mol. The third-order valence-corrected chi connectivity index (χ3v) is 1.96. The molecular weight excluding hydrogens is 124 g/mol. The smallest absolute Gasteiger partial charge is 0.148 e. The summed E-state index contributed by atoms with van der Waals surface area (Å²) in [5, 5.41) is 0. The maximum atomic E-state index is 11.1.